The molecule has 2 heterocycles. The van der Waals surface area contributed by atoms with Gasteiger partial charge < -0.3 is 4.74 Å². The molecule has 0 aromatic carbocycles. The largest absolute Gasteiger partial charge is 0.360 e. The van der Waals surface area contributed by atoms with E-state index in [-0.39, 0.29) is 6.10 Å². The van der Waals surface area contributed by atoms with Crippen LogP contribution in [0.5, 0.6) is 0 Å². The Kier molecular flexibility index (Phi) is 2.29. The van der Waals surface area contributed by atoms with E-state index in [1.54, 1.807) is 0 Å². The van der Waals surface area contributed by atoms with E-state index >= 15 is 0 Å². The van der Waals surface area contributed by atoms with Crippen LogP contribution in [0, 0.1) is 11.3 Å². The Morgan fingerprint density at radius 2 is 2.33 bits per heavy atom. The van der Waals surface area contributed by atoms with Gasteiger partial charge in [0.25, 0.3) is 0 Å². The lowest BCUT2D eigenvalue weighted by Crippen LogP contribution is -2.51. The molecule has 66 valence electrons. The molecule has 2 atom stereocenters. The molecule has 0 N–H and O–H groups in total. The second kappa shape index (κ2) is 3.42. The lowest BCUT2D eigenvalue weighted by molar-refractivity contribution is -0.0521. The van der Waals surface area contributed by atoms with Gasteiger partial charge in [-0.05, 0) is 19.4 Å². The van der Waals surface area contributed by atoms with Crippen LogP contribution in [0.4, 0.5) is 0 Å². The first-order valence-electron chi connectivity index (χ1n) is 4.65. The standard InChI is InChI=1S/C9H14N2O/c10-5-9-6-11-4-2-1-3-8(11)7-12-9/h8-9H,1-4,6-7H2/t8?,9-/m1/s1. The normalized spacial score (nSPS) is 36.9. The highest BCUT2D eigenvalue weighted by molar-refractivity contribution is 4.93. The number of ether oxygens (including phenoxy) is 1. The van der Waals surface area contributed by atoms with Gasteiger partial charge in [0.15, 0.2) is 6.10 Å². The van der Waals surface area contributed by atoms with E-state index in [2.05, 4.69) is 11.0 Å². The van der Waals surface area contributed by atoms with E-state index in [0.717, 1.165) is 19.7 Å². The summed E-state index contributed by atoms with van der Waals surface area (Å²) in [5, 5.41) is 8.68. The van der Waals surface area contributed by atoms with Crippen molar-refractivity contribution in [2.45, 2.75) is 31.4 Å². The maximum atomic E-state index is 8.68. The Balaban J connectivity index is 1.95. The minimum atomic E-state index is -0.181. The molecule has 0 saturated carbocycles. The molecule has 0 aromatic rings. The van der Waals surface area contributed by atoms with Crippen LogP contribution in [0.2, 0.25) is 0 Å². The van der Waals surface area contributed by atoms with Crippen molar-refractivity contribution in [3.05, 3.63) is 0 Å². The maximum absolute atomic E-state index is 8.68. The van der Waals surface area contributed by atoms with Crippen LogP contribution in [-0.2, 0) is 4.74 Å². The molecule has 0 bridgehead atoms. The number of morpholine rings is 1. The second-order valence-electron chi connectivity index (χ2n) is 3.60. The third-order valence-electron chi connectivity index (χ3n) is 2.78. The average molecular weight is 166 g/mol. The molecular weight excluding hydrogens is 152 g/mol. The van der Waals surface area contributed by atoms with E-state index < -0.39 is 0 Å². The van der Waals surface area contributed by atoms with Gasteiger partial charge in [0.05, 0.1) is 12.7 Å². The molecule has 2 saturated heterocycles. The van der Waals surface area contributed by atoms with Crippen LogP contribution in [0.25, 0.3) is 0 Å². The molecule has 0 aromatic heterocycles. The summed E-state index contributed by atoms with van der Waals surface area (Å²) in [4.78, 5) is 2.40. The first-order valence-corrected chi connectivity index (χ1v) is 4.65. The average Bonchev–Trinajstić information content (AvgIpc) is 2.17. The summed E-state index contributed by atoms with van der Waals surface area (Å²) in [6.07, 6.45) is 3.67. The van der Waals surface area contributed by atoms with Crippen LogP contribution in [-0.4, -0.2) is 36.7 Å². The maximum Gasteiger partial charge on any atom is 0.156 e. The number of hydrogen-bond donors (Lipinski definition) is 0. The summed E-state index contributed by atoms with van der Waals surface area (Å²) in [6.45, 7) is 2.74. The lowest BCUT2D eigenvalue weighted by atomic mass is 10.0. The zero-order chi connectivity index (χ0) is 8.39. The summed E-state index contributed by atoms with van der Waals surface area (Å²) < 4.78 is 5.39. The Morgan fingerprint density at radius 3 is 3.17 bits per heavy atom. The fourth-order valence-electron chi connectivity index (χ4n) is 2.06. The molecule has 2 aliphatic heterocycles. The third kappa shape index (κ3) is 1.45. The van der Waals surface area contributed by atoms with Gasteiger partial charge in [-0.15, -0.1) is 0 Å². The monoisotopic (exact) mass is 166 g/mol. The van der Waals surface area contributed by atoms with Gasteiger partial charge in [-0.2, -0.15) is 5.26 Å². The van der Waals surface area contributed by atoms with Gasteiger partial charge in [-0.25, -0.2) is 0 Å². The predicted octanol–water partition coefficient (Wildman–Crippen LogP) is 0.763. The van der Waals surface area contributed by atoms with Crippen molar-refractivity contribution in [1.82, 2.24) is 4.90 Å². The van der Waals surface area contributed by atoms with Gasteiger partial charge in [0, 0.05) is 12.6 Å². The summed E-state index contributed by atoms with van der Waals surface area (Å²) in [6, 6.07) is 2.77. The number of piperidine rings is 1. The van der Waals surface area contributed by atoms with E-state index in [1.807, 2.05) is 0 Å². The minimum Gasteiger partial charge on any atom is -0.360 e. The van der Waals surface area contributed by atoms with Crippen LogP contribution in [0.3, 0.4) is 0 Å². The van der Waals surface area contributed by atoms with Crippen molar-refractivity contribution in [2.75, 3.05) is 19.7 Å². The molecule has 3 nitrogen and oxygen atoms in total. The van der Waals surface area contributed by atoms with Gasteiger partial charge in [-0.3, -0.25) is 4.90 Å². The van der Waals surface area contributed by atoms with Crippen molar-refractivity contribution in [3.63, 3.8) is 0 Å². The first-order chi connectivity index (χ1) is 5.90. The molecule has 0 spiro atoms. The highest BCUT2D eigenvalue weighted by atomic mass is 16.5. The summed E-state index contributed by atoms with van der Waals surface area (Å²) in [7, 11) is 0. The fraction of sp³-hybridized carbons (Fsp3) is 0.889. The van der Waals surface area contributed by atoms with Crippen molar-refractivity contribution < 1.29 is 4.74 Å². The Labute approximate surface area is 72.9 Å². The molecule has 2 fully saturated rings. The molecule has 3 heteroatoms. The number of rotatable bonds is 0. The highest BCUT2D eigenvalue weighted by Gasteiger charge is 2.30. The number of hydrogen-bond acceptors (Lipinski definition) is 3. The predicted molar refractivity (Wildman–Crippen MR) is 44.6 cm³/mol. The molecule has 0 amide bonds. The molecule has 12 heavy (non-hydrogen) atoms. The molecule has 0 aliphatic carbocycles. The number of fused-ring (bicyclic) bond motifs is 1. The van der Waals surface area contributed by atoms with E-state index in [1.165, 1.54) is 19.3 Å². The van der Waals surface area contributed by atoms with Crippen LogP contribution in [0.15, 0.2) is 0 Å². The molecule has 2 rings (SSSR count). The van der Waals surface area contributed by atoms with E-state index in [0.29, 0.717) is 6.04 Å². The first kappa shape index (κ1) is 8.03. The third-order valence-corrected chi connectivity index (χ3v) is 2.78. The van der Waals surface area contributed by atoms with Gasteiger partial charge in [-0.1, -0.05) is 6.42 Å². The summed E-state index contributed by atoms with van der Waals surface area (Å²) >= 11 is 0. The molecular formula is C9H14N2O. The van der Waals surface area contributed by atoms with Crippen molar-refractivity contribution >= 4 is 0 Å². The fourth-order valence-corrected chi connectivity index (χ4v) is 2.06. The second-order valence-corrected chi connectivity index (χ2v) is 3.60. The SMILES string of the molecule is N#C[C@@H]1CN2CCCCC2CO1. The van der Waals surface area contributed by atoms with Crippen LogP contribution < -0.4 is 0 Å². The highest BCUT2D eigenvalue weighted by Crippen LogP contribution is 2.21. The quantitative estimate of drug-likeness (QED) is 0.533. The van der Waals surface area contributed by atoms with Crippen LogP contribution >= 0.6 is 0 Å². The summed E-state index contributed by atoms with van der Waals surface area (Å²) in [5.41, 5.74) is 0. The minimum absolute atomic E-state index is 0.181. The lowest BCUT2D eigenvalue weighted by Gasteiger charge is -2.40. The van der Waals surface area contributed by atoms with Crippen LogP contribution in [0.1, 0.15) is 19.3 Å². The van der Waals surface area contributed by atoms with Crippen molar-refractivity contribution in [3.8, 4) is 6.07 Å². The topological polar surface area (TPSA) is 36.3 Å². The van der Waals surface area contributed by atoms with Gasteiger partial charge in [0.2, 0.25) is 0 Å². The Bertz CT molecular complexity index is 199. The zero-order valence-electron chi connectivity index (χ0n) is 7.20. The number of nitriles is 1. The van der Waals surface area contributed by atoms with Gasteiger partial charge in [0.1, 0.15) is 0 Å². The van der Waals surface area contributed by atoms with Gasteiger partial charge >= 0.3 is 0 Å². The van der Waals surface area contributed by atoms with E-state index in [9.17, 15) is 0 Å². The molecule has 2 aliphatic rings. The Hall–Kier alpha value is -0.590. The van der Waals surface area contributed by atoms with E-state index in [4.69, 9.17) is 10.00 Å². The molecule has 0 radical (unpaired) electrons. The smallest absolute Gasteiger partial charge is 0.156 e. The van der Waals surface area contributed by atoms with Crippen molar-refractivity contribution in [1.29, 1.82) is 5.26 Å². The Morgan fingerprint density at radius 1 is 1.42 bits per heavy atom. The van der Waals surface area contributed by atoms with Crippen molar-refractivity contribution in [2.24, 2.45) is 0 Å². The number of nitrogens with zero attached hydrogens (tertiary/aromatic N) is 2. The summed E-state index contributed by atoms with van der Waals surface area (Å²) in [5.74, 6) is 0. The molecule has 1 unspecified atom stereocenters. The zero-order valence-corrected chi connectivity index (χ0v) is 7.20.